The lowest BCUT2D eigenvalue weighted by Gasteiger charge is -2.60. The molecule has 0 radical (unpaired) electrons. The molecule has 1 N–H and O–H groups in total. The van der Waals surface area contributed by atoms with E-state index in [-0.39, 0.29) is 12.5 Å². The highest BCUT2D eigenvalue weighted by Gasteiger charge is 2.60. The Kier molecular flexibility index (Phi) is 7.15. The molecule has 5 aliphatic rings. The summed E-state index contributed by atoms with van der Waals surface area (Å²) < 4.78 is 32.6. The number of hydrogen-bond acceptors (Lipinski definition) is 4. The molecule has 204 valence electrons. The number of ketones is 1. The quantitative estimate of drug-likeness (QED) is 0.482. The van der Waals surface area contributed by atoms with Gasteiger partial charge in [-0.1, -0.05) is 20.8 Å². The van der Waals surface area contributed by atoms with Gasteiger partial charge < -0.3 is 4.90 Å². The average Bonchev–Trinajstić information content (AvgIpc) is 3.19. The van der Waals surface area contributed by atoms with Gasteiger partial charge in [-0.3, -0.25) is 14.1 Å². The Bertz CT molecular complexity index is 980. The summed E-state index contributed by atoms with van der Waals surface area (Å²) in [4.78, 5) is 26.8. The normalized spacial score (nSPS) is 43.9. The van der Waals surface area contributed by atoms with E-state index in [0.717, 1.165) is 43.4 Å². The number of likely N-dealkylation sites (tertiary alicyclic amines) is 1. The van der Waals surface area contributed by atoms with Crippen LogP contribution >= 0.6 is 0 Å². The Labute approximate surface area is 218 Å². The third kappa shape index (κ3) is 4.58. The van der Waals surface area contributed by atoms with Gasteiger partial charge in [0.2, 0.25) is 5.91 Å². The average molecular weight is 522 g/mol. The maximum absolute atomic E-state index is 13.0. The number of Topliss-reactive ketones (excluding diaryl/α,β-unsaturated/α-hetero) is 1. The Balaban J connectivity index is 1.21. The lowest BCUT2D eigenvalue weighted by Crippen LogP contribution is -2.53. The van der Waals surface area contributed by atoms with Crippen LogP contribution in [0, 0.1) is 46.3 Å². The van der Waals surface area contributed by atoms with Crippen molar-refractivity contribution in [3.05, 3.63) is 0 Å². The summed E-state index contributed by atoms with van der Waals surface area (Å²) in [6.45, 7) is 8.11. The molecular formula is C29H47NO5S. The minimum atomic E-state index is -4.09. The van der Waals surface area contributed by atoms with E-state index in [1.807, 2.05) is 0 Å². The maximum atomic E-state index is 13.0. The van der Waals surface area contributed by atoms with Crippen LogP contribution in [-0.4, -0.2) is 47.9 Å². The number of piperidine rings is 1. The second-order valence-electron chi connectivity index (χ2n) is 13.8. The number of carbonyl (C=O) groups is 2. The van der Waals surface area contributed by atoms with Crippen LogP contribution in [0.15, 0.2) is 0 Å². The lowest BCUT2D eigenvalue weighted by atomic mass is 9.44. The van der Waals surface area contributed by atoms with Gasteiger partial charge in [-0.2, -0.15) is 8.42 Å². The van der Waals surface area contributed by atoms with Gasteiger partial charge in [-0.25, -0.2) is 0 Å². The summed E-state index contributed by atoms with van der Waals surface area (Å²) in [6, 6.07) is 0. The first-order valence-corrected chi connectivity index (χ1v) is 16.2. The second kappa shape index (κ2) is 9.66. The van der Waals surface area contributed by atoms with Gasteiger partial charge in [0.15, 0.2) is 0 Å². The molecule has 0 aromatic carbocycles. The van der Waals surface area contributed by atoms with Crippen molar-refractivity contribution in [3.8, 4) is 0 Å². The van der Waals surface area contributed by atoms with E-state index < -0.39 is 15.4 Å². The minimum Gasteiger partial charge on any atom is -0.341 e. The van der Waals surface area contributed by atoms with Gasteiger partial charge in [0.1, 0.15) is 11.0 Å². The number of hydrogen-bond donors (Lipinski definition) is 1. The molecule has 1 amide bonds. The van der Waals surface area contributed by atoms with Crippen LogP contribution in [0.4, 0.5) is 0 Å². The minimum absolute atomic E-state index is 0.0386. The largest absolute Gasteiger partial charge is 0.341 e. The fraction of sp³-hybridized carbons (Fsp3) is 0.931. The standard InChI is InChI=1S/C29H47NO5S/c1-19(6-11-27(32)30-16-4-5-22(18-30)36(33,34)35)24-9-10-25-23-8-7-20-17-21(31)12-14-28(20,2)26(23)13-15-29(24,25)3/h19-20,22-26H,4-18H2,1-3H3,(H,33,34,35). The molecule has 5 fully saturated rings. The molecule has 0 aromatic heterocycles. The van der Waals surface area contributed by atoms with Gasteiger partial charge in [-0.15, -0.1) is 0 Å². The van der Waals surface area contributed by atoms with E-state index in [1.54, 1.807) is 4.90 Å². The number of amides is 1. The van der Waals surface area contributed by atoms with Crippen molar-refractivity contribution < 1.29 is 22.6 Å². The zero-order valence-corrected chi connectivity index (χ0v) is 23.4. The van der Waals surface area contributed by atoms with E-state index >= 15 is 0 Å². The third-order valence-corrected chi connectivity index (χ3v) is 13.4. The fourth-order valence-corrected chi connectivity index (χ4v) is 11.0. The van der Waals surface area contributed by atoms with Crippen LogP contribution in [-0.2, 0) is 19.7 Å². The molecule has 1 heterocycles. The summed E-state index contributed by atoms with van der Waals surface area (Å²) in [6.07, 6.45) is 12.7. The molecule has 6 nitrogen and oxygen atoms in total. The highest BCUT2D eigenvalue weighted by molar-refractivity contribution is 7.86. The molecule has 7 heteroatoms. The summed E-state index contributed by atoms with van der Waals surface area (Å²) in [5, 5.41) is -0.837. The predicted molar refractivity (Wildman–Crippen MR) is 140 cm³/mol. The molecule has 0 spiro atoms. The Morgan fingerprint density at radius 1 is 1.06 bits per heavy atom. The van der Waals surface area contributed by atoms with Crippen molar-refractivity contribution in [2.24, 2.45) is 46.3 Å². The first-order chi connectivity index (χ1) is 16.9. The molecular weight excluding hydrogens is 474 g/mol. The summed E-state index contributed by atoms with van der Waals surface area (Å²) in [7, 11) is -4.09. The zero-order chi connectivity index (χ0) is 25.9. The summed E-state index contributed by atoms with van der Waals surface area (Å²) in [5.74, 6) is 4.57. The van der Waals surface area contributed by atoms with Gasteiger partial charge in [0.25, 0.3) is 10.1 Å². The number of fused-ring (bicyclic) bond motifs is 5. The van der Waals surface area contributed by atoms with Crippen LogP contribution < -0.4 is 0 Å². The Morgan fingerprint density at radius 3 is 2.56 bits per heavy atom. The first-order valence-electron chi connectivity index (χ1n) is 14.7. The van der Waals surface area contributed by atoms with Crippen molar-refractivity contribution in [3.63, 3.8) is 0 Å². The number of carbonyl (C=O) groups excluding carboxylic acids is 2. The monoisotopic (exact) mass is 521 g/mol. The lowest BCUT2D eigenvalue weighted by molar-refractivity contribution is -0.140. The van der Waals surface area contributed by atoms with Crippen molar-refractivity contribution in [1.29, 1.82) is 0 Å². The van der Waals surface area contributed by atoms with E-state index in [9.17, 15) is 22.6 Å². The molecule has 9 unspecified atom stereocenters. The molecule has 1 saturated heterocycles. The third-order valence-electron chi connectivity index (χ3n) is 12.2. The molecule has 5 rings (SSSR count). The van der Waals surface area contributed by atoms with E-state index in [1.165, 1.54) is 38.5 Å². The zero-order valence-electron chi connectivity index (χ0n) is 22.6. The Morgan fingerprint density at radius 2 is 1.81 bits per heavy atom. The van der Waals surface area contributed by atoms with Crippen molar-refractivity contribution >= 4 is 21.8 Å². The van der Waals surface area contributed by atoms with Crippen LogP contribution in [0.1, 0.15) is 104 Å². The number of rotatable bonds is 5. The van der Waals surface area contributed by atoms with Crippen LogP contribution in [0.25, 0.3) is 0 Å². The van der Waals surface area contributed by atoms with Crippen molar-refractivity contribution in [1.82, 2.24) is 4.90 Å². The summed E-state index contributed by atoms with van der Waals surface area (Å²) >= 11 is 0. The number of nitrogens with zero attached hydrogens (tertiary/aromatic N) is 1. The molecule has 0 aromatic rings. The van der Waals surface area contributed by atoms with Gasteiger partial charge in [0, 0.05) is 32.4 Å². The first kappa shape index (κ1) is 26.6. The molecule has 1 aliphatic heterocycles. The van der Waals surface area contributed by atoms with E-state index in [0.29, 0.717) is 60.2 Å². The van der Waals surface area contributed by atoms with E-state index in [2.05, 4.69) is 20.8 Å². The van der Waals surface area contributed by atoms with Crippen LogP contribution in [0.2, 0.25) is 0 Å². The van der Waals surface area contributed by atoms with Crippen molar-refractivity contribution in [2.45, 2.75) is 109 Å². The molecule has 9 atom stereocenters. The van der Waals surface area contributed by atoms with Gasteiger partial charge >= 0.3 is 0 Å². The fourth-order valence-electron chi connectivity index (χ4n) is 10.1. The second-order valence-corrected chi connectivity index (χ2v) is 15.5. The predicted octanol–water partition coefficient (Wildman–Crippen LogP) is 5.51. The van der Waals surface area contributed by atoms with Gasteiger partial charge in [0.05, 0.1) is 0 Å². The van der Waals surface area contributed by atoms with E-state index in [4.69, 9.17) is 0 Å². The highest BCUT2D eigenvalue weighted by atomic mass is 32.2. The molecule has 0 bridgehead atoms. The SMILES string of the molecule is CC(CCC(=O)N1CCCC(S(=O)(=O)O)C1)C1CCC2C3CCC4CC(=O)CCC4(C)C3CCC12C. The maximum Gasteiger partial charge on any atom is 0.269 e. The van der Waals surface area contributed by atoms with Gasteiger partial charge in [-0.05, 0) is 111 Å². The summed E-state index contributed by atoms with van der Waals surface area (Å²) in [5.41, 5.74) is 0.696. The molecule has 36 heavy (non-hydrogen) atoms. The topological polar surface area (TPSA) is 91.8 Å². The highest BCUT2D eigenvalue weighted by Crippen LogP contribution is 2.68. The Hall–Kier alpha value is -0.950. The van der Waals surface area contributed by atoms with Crippen LogP contribution in [0.5, 0.6) is 0 Å². The van der Waals surface area contributed by atoms with Crippen molar-refractivity contribution in [2.75, 3.05) is 13.1 Å². The molecule has 4 saturated carbocycles. The molecule has 4 aliphatic carbocycles. The van der Waals surface area contributed by atoms with Crippen LogP contribution in [0.3, 0.4) is 0 Å². The smallest absolute Gasteiger partial charge is 0.269 e.